The van der Waals surface area contributed by atoms with Crippen LogP contribution in [0.3, 0.4) is 0 Å². The monoisotopic (exact) mass is 725 g/mol. The summed E-state index contributed by atoms with van der Waals surface area (Å²) in [6.45, 7) is 3.20. The Hall–Kier alpha value is -3.98. The Morgan fingerprint density at radius 1 is 0.596 bits per heavy atom. The number of amides is 2. The lowest BCUT2D eigenvalue weighted by Gasteiger charge is -2.14. The van der Waals surface area contributed by atoms with Crippen molar-refractivity contribution in [1.29, 1.82) is 0 Å². The van der Waals surface area contributed by atoms with E-state index in [-0.39, 0.29) is 30.9 Å². The Balaban J connectivity index is 4.52. The minimum absolute atomic E-state index is 0.153. The van der Waals surface area contributed by atoms with Gasteiger partial charge < -0.3 is 25.6 Å². The van der Waals surface area contributed by atoms with Gasteiger partial charge in [0.2, 0.25) is 11.8 Å². The second kappa shape index (κ2) is 36.8. The number of aliphatic carboxylic acids is 1. The van der Waals surface area contributed by atoms with Crippen LogP contribution in [0.2, 0.25) is 0 Å². The van der Waals surface area contributed by atoms with Gasteiger partial charge in [-0.2, -0.15) is 0 Å². The molecule has 2 unspecified atom stereocenters. The molecule has 9 heteroatoms. The Kier molecular flexibility index (Phi) is 34.0. The van der Waals surface area contributed by atoms with Crippen LogP contribution in [0.1, 0.15) is 136 Å². The number of nitrogens with one attached hydrogen (secondary N) is 2. The third kappa shape index (κ3) is 33.2. The number of unbranched alkanes of at least 4 members (excludes halogenated alkanes) is 7. The van der Waals surface area contributed by atoms with Crippen molar-refractivity contribution in [2.45, 2.75) is 148 Å². The number of carboxylic acid groups (broad SMARTS) is 1. The fraction of sp³-hybridized carbons (Fsp3) is 0.581. The smallest absolute Gasteiger partial charge is 0.328 e. The molecular formula is C43H68N2O7. The predicted octanol–water partition coefficient (Wildman–Crippen LogP) is 8.92. The van der Waals surface area contributed by atoms with Gasteiger partial charge in [0.25, 0.3) is 0 Å². The summed E-state index contributed by atoms with van der Waals surface area (Å²) in [6, 6.07) is -1.39. The Morgan fingerprint density at radius 2 is 1.10 bits per heavy atom. The van der Waals surface area contributed by atoms with Gasteiger partial charge >= 0.3 is 11.9 Å². The zero-order valence-corrected chi connectivity index (χ0v) is 32.0. The first kappa shape index (κ1) is 48.0. The van der Waals surface area contributed by atoms with Crippen molar-refractivity contribution in [2.75, 3.05) is 13.2 Å². The SMILES string of the molecule is CC/C=C\C/C=C\C/C=C\C/C=C\C(CCCCCCCC(=O)NCC(=O)NC(CO)C(=O)O)OC(=O)CCCCC/C=C\C/C=C\C/C=C\CC. The van der Waals surface area contributed by atoms with Crippen molar-refractivity contribution in [2.24, 2.45) is 0 Å². The maximum atomic E-state index is 12.7. The summed E-state index contributed by atoms with van der Waals surface area (Å²) in [5.74, 6) is -2.45. The highest BCUT2D eigenvalue weighted by Crippen LogP contribution is 2.14. The number of carbonyl (C=O) groups is 4. The van der Waals surface area contributed by atoms with E-state index in [4.69, 9.17) is 14.9 Å². The van der Waals surface area contributed by atoms with Gasteiger partial charge in [-0.15, -0.1) is 0 Å². The third-order valence-electron chi connectivity index (χ3n) is 7.87. The van der Waals surface area contributed by atoms with E-state index >= 15 is 0 Å². The number of aliphatic hydroxyl groups is 1. The summed E-state index contributed by atoms with van der Waals surface area (Å²) < 4.78 is 5.87. The summed E-state index contributed by atoms with van der Waals surface area (Å²) in [5.41, 5.74) is 0. The van der Waals surface area contributed by atoms with Crippen molar-refractivity contribution in [3.05, 3.63) is 85.1 Å². The van der Waals surface area contributed by atoms with Crippen LogP contribution in [0.15, 0.2) is 85.1 Å². The molecule has 0 aromatic carbocycles. The molecule has 0 aliphatic heterocycles. The molecule has 0 aromatic rings. The Bertz CT molecular complexity index is 1150. The molecule has 0 fully saturated rings. The average molecular weight is 725 g/mol. The lowest BCUT2D eigenvalue weighted by atomic mass is 10.1. The maximum absolute atomic E-state index is 12.7. The third-order valence-corrected chi connectivity index (χ3v) is 7.87. The summed E-state index contributed by atoms with van der Waals surface area (Å²) >= 11 is 0. The molecule has 2 atom stereocenters. The molecule has 292 valence electrons. The summed E-state index contributed by atoms with van der Waals surface area (Å²) in [5, 5.41) is 22.5. The quantitative estimate of drug-likeness (QED) is 0.0301. The molecule has 0 aliphatic rings. The Morgan fingerprint density at radius 3 is 1.67 bits per heavy atom. The van der Waals surface area contributed by atoms with Gasteiger partial charge in [0.15, 0.2) is 0 Å². The Labute approximate surface area is 314 Å². The summed E-state index contributed by atoms with van der Waals surface area (Å²) in [4.78, 5) is 47.4. The molecule has 0 heterocycles. The van der Waals surface area contributed by atoms with Gasteiger partial charge in [-0.25, -0.2) is 4.79 Å². The van der Waals surface area contributed by atoms with Gasteiger partial charge in [0.05, 0.1) is 13.2 Å². The number of ether oxygens (including phenoxy) is 1. The fourth-order valence-electron chi connectivity index (χ4n) is 4.93. The second-order valence-corrected chi connectivity index (χ2v) is 12.6. The van der Waals surface area contributed by atoms with E-state index in [1.165, 1.54) is 0 Å². The van der Waals surface area contributed by atoms with Crippen LogP contribution in [0.5, 0.6) is 0 Å². The lowest BCUT2D eigenvalue weighted by molar-refractivity contribution is -0.147. The van der Waals surface area contributed by atoms with E-state index < -0.39 is 24.5 Å². The average Bonchev–Trinajstić information content (AvgIpc) is 3.13. The van der Waals surface area contributed by atoms with Crippen LogP contribution in [-0.4, -0.2) is 59.3 Å². The van der Waals surface area contributed by atoms with E-state index in [9.17, 15) is 19.2 Å². The molecule has 0 radical (unpaired) electrons. The molecule has 52 heavy (non-hydrogen) atoms. The van der Waals surface area contributed by atoms with E-state index in [1.807, 2.05) is 6.08 Å². The number of carboxylic acids is 1. The summed E-state index contributed by atoms with van der Waals surface area (Å²) in [6.07, 6.45) is 46.2. The van der Waals surface area contributed by atoms with Crippen LogP contribution in [-0.2, 0) is 23.9 Å². The molecule has 9 nitrogen and oxygen atoms in total. The first-order chi connectivity index (χ1) is 25.3. The highest BCUT2D eigenvalue weighted by Gasteiger charge is 2.18. The van der Waals surface area contributed by atoms with E-state index in [0.717, 1.165) is 103 Å². The van der Waals surface area contributed by atoms with E-state index in [0.29, 0.717) is 12.8 Å². The zero-order chi connectivity index (χ0) is 38.3. The standard InChI is InChI=1S/C43H68N2O7/c1-3-5-7-9-11-13-15-16-18-20-22-27-31-35-42(49)52-38(32-28-24-21-19-17-14-12-10-8-6-4-2)33-29-25-23-26-30-34-40(47)44-36-41(48)45-39(37-46)43(50)51/h5-8,11-14,16,18-19,21,28,32,38-39,46H,3-4,9-10,15,17,20,22-27,29-31,33-37H2,1-2H3,(H,44,47)(H,45,48)(H,50,51)/b7-5-,8-6-,13-11-,14-12-,18-16-,21-19-,32-28-. The van der Waals surface area contributed by atoms with Gasteiger partial charge in [0, 0.05) is 12.8 Å². The summed E-state index contributed by atoms with van der Waals surface area (Å²) in [7, 11) is 0. The molecule has 0 saturated heterocycles. The number of carbonyl (C=O) groups excluding carboxylic acids is 3. The number of allylic oxidation sites excluding steroid dienone is 13. The van der Waals surface area contributed by atoms with Gasteiger partial charge in [-0.1, -0.05) is 119 Å². The van der Waals surface area contributed by atoms with Crippen molar-refractivity contribution in [3.8, 4) is 0 Å². The molecule has 0 bridgehead atoms. The first-order valence-electron chi connectivity index (χ1n) is 19.5. The number of hydrogen-bond acceptors (Lipinski definition) is 6. The van der Waals surface area contributed by atoms with Gasteiger partial charge in [-0.05, 0) is 89.5 Å². The van der Waals surface area contributed by atoms with Gasteiger partial charge in [-0.3, -0.25) is 14.4 Å². The zero-order valence-electron chi connectivity index (χ0n) is 32.0. The molecule has 0 saturated carbocycles. The van der Waals surface area contributed by atoms with Crippen LogP contribution in [0.25, 0.3) is 0 Å². The van der Waals surface area contributed by atoms with E-state index in [1.54, 1.807) is 0 Å². The topological polar surface area (TPSA) is 142 Å². The predicted molar refractivity (Wildman–Crippen MR) is 213 cm³/mol. The molecule has 0 rings (SSSR count). The minimum atomic E-state index is -1.39. The molecule has 2 amide bonds. The number of rotatable bonds is 33. The number of hydrogen-bond donors (Lipinski definition) is 4. The van der Waals surface area contributed by atoms with Gasteiger partial charge in [0.1, 0.15) is 12.1 Å². The van der Waals surface area contributed by atoms with Crippen LogP contribution in [0.4, 0.5) is 0 Å². The minimum Gasteiger partial charge on any atom is -0.480 e. The lowest BCUT2D eigenvalue weighted by Crippen LogP contribution is -2.47. The van der Waals surface area contributed by atoms with Crippen molar-refractivity contribution < 1.29 is 34.1 Å². The molecule has 0 spiro atoms. The molecule has 4 N–H and O–H groups in total. The molecule has 0 aromatic heterocycles. The first-order valence-corrected chi connectivity index (χ1v) is 19.5. The van der Waals surface area contributed by atoms with Crippen LogP contribution < -0.4 is 10.6 Å². The fourth-order valence-corrected chi connectivity index (χ4v) is 4.93. The molecular weight excluding hydrogens is 656 g/mol. The van der Waals surface area contributed by atoms with Crippen molar-refractivity contribution in [1.82, 2.24) is 10.6 Å². The van der Waals surface area contributed by atoms with Crippen molar-refractivity contribution in [3.63, 3.8) is 0 Å². The maximum Gasteiger partial charge on any atom is 0.328 e. The highest BCUT2D eigenvalue weighted by atomic mass is 16.5. The highest BCUT2D eigenvalue weighted by molar-refractivity contribution is 5.87. The van der Waals surface area contributed by atoms with E-state index in [2.05, 4.69) is 103 Å². The molecule has 0 aliphatic carbocycles. The normalized spacial score (nSPS) is 13.4. The van der Waals surface area contributed by atoms with Crippen molar-refractivity contribution >= 4 is 23.8 Å². The second-order valence-electron chi connectivity index (χ2n) is 12.6. The largest absolute Gasteiger partial charge is 0.480 e. The number of aliphatic hydroxyl groups excluding tert-OH is 1. The van der Waals surface area contributed by atoms with Crippen LogP contribution in [0, 0.1) is 0 Å². The number of esters is 1. The van der Waals surface area contributed by atoms with Crippen LogP contribution >= 0.6 is 0 Å².